The van der Waals surface area contributed by atoms with E-state index in [0.717, 1.165) is 12.8 Å². The van der Waals surface area contributed by atoms with E-state index >= 15 is 0 Å². The Hall–Kier alpha value is -1.23. The van der Waals surface area contributed by atoms with Gasteiger partial charge in [0.05, 0.1) is 19.1 Å². The third-order valence-electron chi connectivity index (χ3n) is 5.44. The van der Waals surface area contributed by atoms with E-state index in [0.29, 0.717) is 59.0 Å². The first-order chi connectivity index (χ1) is 13.3. The highest BCUT2D eigenvalue weighted by atomic mass is 32.2. The molecule has 0 aromatic heterocycles. The highest BCUT2D eigenvalue weighted by Gasteiger charge is 2.33. The lowest BCUT2D eigenvalue weighted by Crippen LogP contribution is -2.55. The number of rotatable bonds is 8. The molecule has 2 fully saturated rings. The van der Waals surface area contributed by atoms with Crippen LogP contribution >= 0.6 is 0 Å². The van der Waals surface area contributed by atoms with Crippen LogP contribution in [0.3, 0.4) is 0 Å². The minimum absolute atomic E-state index is 0.00551. The van der Waals surface area contributed by atoms with Gasteiger partial charge in [0.15, 0.2) is 0 Å². The van der Waals surface area contributed by atoms with E-state index in [1.807, 2.05) is 18.7 Å². The first-order valence-corrected chi connectivity index (χ1v) is 11.6. The van der Waals surface area contributed by atoms with Gasteiger partial charge in [0.25, 0.3) is 10.2 Å². The summed E-state index contributed by atoms with van der Waals surface area (Å²) in [7, 11) is -3.43. The van der Waals surface area contributed by atoms with Gasteiger partial charge in [-0.25, -0.2) is 0 Å². The van der Waals surface area contributed by atoms with Crippen LogP contribution in [0, 0.1) is 5.92 Å². The summed E-state index contributed by atoms with van der Waals surface area (Å²) in [5, 5.41) is 0. The maximum Gasteiger partial charge on any atom is 0.310 e. The normalized spacial score (nSPS) is 22.4. The van der Waals surface area contributed by atoms with E-state index in [1.54, 1.807) is 11.8 Å². The molecule has 162 valence electrons. The zero-order valence-electron chi connectivity index (χ0n) is 17.3. The van der Waals surface area contributed by atoms with Crippen LogP contribution in [0.2, 0.25) is 0 Å². The molecule has 0 aliphatic carbocycles. The summed E-state index contributed by atoms with van der Waals surface area (Å²) in [6, 6.07) is 0. The minimum atomic E-state index is -3.43. The summed E-state index contributed by atoms with van der Waals surface area (Å²) in [6.45, 7) is 9.86. The Labute approximate surface area is 168 Å². The molecule has 1 atom stereocenters. The van der Waals surface area contributed by atoms with Gasteiger partial charge < -0.3 is 9.64 Å². The number of piperazine rings is 1. The van der Waals surface area contributed by atoms with Crippen LogP contribution < -0.4 is 0 Å². The summed E-state index contributed by atoms with van der Waals surface area (Å²) < 4.78 is 33.2. The van der Waals surface area contributed by atoms with Crippen molar-refractivity contribution in [2.24, 2.45) is 5.92 Å². The summed E-state index contributed by atoms with van der Waals surface area (Å²) in [5.41, 5.74) is 0. The number of carbonyl (C=O) groups is 2. The number of hydrogen-bond donors (Lipinski definition) is 0. The molecule has 0 N–H and O–H groups in total. The molecule has 0 aromatic rings. The Morgan fingerprint density at radius 2 is 1.68 bits per heavy atom. The summed E-state index contributed by atoms with van der Waals surface area (Å²) in [4.78, 5) is 28.3. The van der Waals surface area contributed by atoms with E-state index in [4.69, 9.17) is 4.74 Å². The number of nitrogens with zero attached hydrogens (tertiary/aromatic N) is 4. The van der Waals surface area contributed by atoms with Crippen molar-refractivity contribution in [3.8, 4) is 0 Å². The maximum absolute atomic E-state index is 12.7. The van der Waals surface area contributed by atoms with Crippen molar-refractivity contribution < 1.29 is 22.7 Å². The van der Waals surface area contributed by atoms with E-state index in [9.17, 15) is 18.0 Å². The van der Waals surface area contributed by atoms with Gasteiger partial charge in [0, 0.05) is 52.4 Å². The molecule has 2 rings (SSSR count). The second-order valence-corrected chi connectivity index (χ2v) is 9.13. The molecule has 0 bridgehead atoms. The third-order valence-corrected chi connectivity index (χ3v) is 7.63. The summed E-state index contributed by atoms with van der Waals surface area (Å²) in [5.74, 6) is -0.474. The SMILES string of the molecule is CCOC(=O)C1CCCN(C(=O)CN2CCN(S(=O)(=O)N(CC)CC)CC2)C1. The Bertz CT molecular complexity index is 630. The fraction of sp³-hybridized carbons (Fsp3) is 0.889. The Morgan fingerprint density at radius 3 is 2.25 bits per heavy atom. The van der Waals surface area contributed by atoms with E-state index < -0.39 is 10.2 Å². The molecule has 0 aromatic carbocycles. The molecule has 9 nitrogen and oxygen atoms in total. The van der Waals surface area contributed by atoms with Gasteiger partial charge in [-0.1, -0.05) is 13.8 Å². The molecule has 0 saturated carbocycles. The summed E-state index contributed by atoms with van der Waals surface area (Å²) >= 11 is 0. The van der Waals surface area contributed by atoms with E-state index in [1.165, 1.54) is 8.61 Å². The van der Waals surface area contributed by atoms with E-state index in [2.05, 4.69) is 0 Å². The topological polar surface area (TPSA) is 90.5 Å². The van der Waals surface area contributed by atoms with E-state index in [-0.39, 0.29) is 24.3 Å². The molecule has 1 amide bonds. The molecule has 0 spiro atoms. The molecule has 2 aliphatic heterocycles. The van der Waals surface area contributed by atoms with Crippen molar-refractivity contribution in [3.63, 3.8) is 0 Å². The van der Waals surface area contributed by atoms with Crippen molar-refractivity contribution >= 4 is 22.1 Å². The van der Waals surface area contributed by atoms with Crippen LogP contribution in [0.1, 0.15) is 33.6 Å². The Morgan fingerprint density at radius 1 is 1.04 bits per heavy atom. The fourth-order valence-electron chi connectivity index (χ4n) is 3.78. The average molecular weight is 419 g/mol. The molecular formula is C18H34N4O5S. The predicted molar refractivity (Wildman–Crippen MR) is 106 cm³/mol. The lowest BCUT2D eigenvalue weighted by molar-refractivity contribution is -0.151. The molecule has 1 unspecified atom stereocenters. The fourth-order valence-corrected chi connectivity index (χ4v) is 5.38. The maximum atomic E-state index is 12.7. The van der Waals surface area contributed by atoms with Crippen molar-refractivity contribution in [2.45, 2.75) is 33.6 Å². The molecule has 2 aliphatic rings. The lowest BCUT2D eigenvalue weighted by Gasteiger charge is -2.37. The van der Waals surface area contributed by atoms with Crippen LogP contribution in [0.15, 0.2) is 0 Å². The molecule has 10 heteroatoms. The minimum Gasteiger partial charge on any atom is -0.466 e. The number of esters is 1. The number of hydrogen-bond acceptors (Lipinski definition) is 6. The van der Waals surface area contributed by atoms with Crippen molar-refractivity contribution in [1.82, 2.24) is 18.4 Å². The van der Waals surface area contributed by atoms with Gasteiger partial charge >= 0.3 is 5.97 Å². The quantitative estimate of drug-likeness (QED) is 0.515. The van der Waals surface area contributed by atoms with Crippen molar-refractivity contribution in [3.05, 3.63) is 0 Å². The van der Waals surface area contributed by atoms with Crippen LogP contribution in [0.5, 0.6) is 0 Å². The second kappa shape index (κ2) is 10.5. The smallest absolute Gasteiger partial charge is 0.310 e. The Kier molecular flexibility index (Phi) is 8.66. The van der Waals surface area contributed by atoms with Crippen LogP contribution in [0.4, 0.5) is 0 Å². The van der Waals surface area contributed by atoms with Gasteiger partial charge in [-0.3, -0.25) is 14.5 Å². The largest absolute Gasteiger partial charge is 0.466 e. The highest BCUT2D eigenvalue weighted by Crippen LogP contribution is 2.19. The zero-order chi connectivity index (χ0) is 20.7. The van der Waals surface area contributed by atoms with Crippen molar-refractivity contribution in [2.75, 3.05) is 65.5 Å². The summed E-state index contributed by atoms with van der Waals surface area (Å²) in [6.07, 6.45) is 1.55. The monoisotopic (exact) mass is 418 g/mol. The zero-order valence-corrected chi connectivity index (χ0v) is 18.1. The molecule has 28 heavy (non-hydrogen) atoms. The number of ether oxygens (including phenoxy) is 1. The number of carbonyl (C=O) groups excluding carboxylic acids is 2. The lowest BCUT2D eigenvalue weighted by atomic mass is 9.98. The Balaban J connectivity index is 1.84. The molecular weight excluding hydrogens is 384 g/mol. The first kappa shape index (κ1) is 23.1. The number of piperidine rings is 1. The van der Waals surface area contributed by atoms with Crippen molar-refractivity contribution in [1.29, 1.82) is 0 Å². The molecule has 2 heterocycles. The third kappa shape index (κ3) is 5.65. The van der Waals surface area contributed by atoms with Crippen LogP contribution in [-0.4, -0.2) is 104 Å². The predicted octanol–water partition coefficient (Wildman–Crippen LogP) is -0.00770. The van der Waals surface area contributed by atoms with Gasteiger partial charge in [0.2, 0.25) is 5.91 Å². The molecule has 2 saturated heterocycles. The highest BCUT2D eigenvalue weighted by molar-refractivity contribution is 7.86. The van der Waals surface area contributed by atoms with Gasteiger partial charge in [-0.05, 0) is 19.8 Å². The second-order valence-electron chi connectivity index (χ2n) is 7.20. The van der Waals surface area contributed by atoms with Gasteiger partial charge in [0.1, 0.15) is 0 Å². The number of amides is 1. The van der Waals surface area contributed by atoms with Crippen LogP contribution in [-0.2, 0) is 24.5 Å². The molecule has 0 radical (unpaired) electrons. The standard InChI is InChI=1S/C18H34N4O5S/c1-4-21(5-2)28(25,26)22-12-10-19(11-13-22)15-17(23)20-9-7-8-16(14-20)18(24)27-6-3/h16H,4-15H2,1-3H3. The average Bonchev–Trinajstić information content (AvgIpc) is 2.69. The number of likely N-dealkylation sites (tertiary alicyclic amines) is 1. The van der Waals surface area contributed by atoms with Crippen LogP contribution in [0.25, 0.3) is 0 Å². The van der Waals surface area contributed by atoms with Gasteiger partial charge in [-0.15, -0.1) is 0 Å². The first-order valence-electron chi connectivity index (χ1n) is 10.2. The van der Waals surface area contributed by atoms with Gasteiger partial charge in [-0.2, -0.15) is 17.0 Å².